The Morgan fingerprint density at radius 1 is 0.941 bits per heavy atom. The lowest BCUT2D eigenvalue weighted by molar-refractivity contribution is 0.285. The van der Waals surface area contributed by atoms with E-state index in [9.17, 15) is 5.11 Å². The second-order valence-electron chi connectivity index (χ2n) is 4.18. The third-order valence-electron chi connectivity index (χ3n) is 3.19. The molecule has 3 rings (SSSR count). The van der Waals surface area contributed by atoms with Crippen molar-refractivity contribution in [2.45, 2.75) is 6.61 Å². The van der Waals surface area contributed by atoms with Gasteiger partial charge >= 0.3 is 0 Å². The summed E-state index contributed by atoms with van der Waals surface area (Å²) in [6, 6.07) is 16.0. The van der Waals surface area contributed by atoms with E-state index in [4.69, 9.17) is 5.73 Å². The number of hydrogen-bond donors (Lipinski definition) is 2. The van der Waals surface area contributed by atoms with E-state index >= 15 is 0 Å². The van der Waals surface area contributed by atoms with Crippen LogP contribution in [0.25, 0.3) is 21.5 Å². The predicted octanol–water partition coefficient (Wildman–Crippen LogP) is 3.07. The zero-order chi connectivity index (χ0) is 11.8. The van der Waals surface area contributed by atoms with Gasteiger partial charge in [0.25, 0.3) is 0 Å². The fourth-order valence-corrected chi connectivity index (χ4v) is 2.42. The highest BCUT2D eigenvalue weighted by Crippen LogP contribution is 2.31. The van der Waals surface area contributed by atoms with E-state index in [0.29, 0.717) is 0 Å². The lowest BCUT2D eigenvalue weighted by atomic mass is 9.96. The second kappa shape index (κ2) is 3.75. The summed E-state index contributed by atoms with van der Waals surface area (Å²) in [7, 11) is 0. The van der Waals surface area contributed by atoms with Crippen LogP contribution < -0.4 is 5.73 Å². The molecule has 0 atom stereocenters. The quantitative estimate of drug-likeness (QED) is 0.492. The molecule has 3 N–H and O–H groups in total. The Labute approximate surface area is 99.3 Å². The highest BCUT2D eigenvalue weighted by Gasteiger charge is 2.08. The summed E-state index contributed by atoms with van der Waals surface area (Å²) >= 11 is 0. The molecule has 0 unspecified atom stereocenters. The molecule has 0 bridgehead atoms. The number of nitrogen functional groups attached to an aromatic ring is 1. The summed E-state index contributed by atoms with van der Waals surface area (Å²) < 4.78 is 0. The van der Waals surface area contributed by atoms with Crippen molar-refractivity contribution in [2.24, 2.45) is 0 Å². The third kappa shape index (κ3) is 1.46. The van der Waals surface area contributed by atoms with Gasteiger partial charge in [0.1, 0.15) is 0 Å². The van der Waals surface area contributed by atoms with Crippen LogP contribution in [-0.4, -0.2) is 5.11 Å². The molecule has 0 fully saturated rings. The number of nitrogens with two attached hydrogens (primary N) is 1. The number of rotatable bonds is 1. The van der Waals surface area contributed by atoms with Crippen molar-refractivity contribution in [3.63, 3.8) is 0 Å². The third-order valence-corrected chi connectivity index (χ3v) is 3.19. The van der Waals surface area contributed by atoms with Crippen LogP contribution in [0.3, 0.4) is 0 Å². The van der Waals surface area contributed by atoms with Crippen LogP contribution >= 0.6 is 0 Å². The maximum Gasteiger partial charge on any atom is 0.0694 e. The molecule has 84 valence electrons. The first-order valence-corrected chi connectivity index (χ1v) is 5.61. The van der Waals surface area contributed by atoms with E-state index in [2.05, 4.69) is 12.1 Å². The molecule has 0 aliphatic rings. The van der Waals surface area contributed by atoms with Crippen molar-refractivity contribution >= 4 is 27.2 Å². The number of fused-ring (bicyclic) bond motifs is 2. The molecule has 0 aliphatic carbocycles. The molecular formula is C15H13NO. The molecule has 0 spiro atoms. The van der Waals surface area contributed by atoms with Crippen LogP contribution in [0.15, 0.2) is 48.5 Å². The van der Waals surface area contributed by atoms with Crippen molar-refractivity contribution in [1.82, 2.24) is 0 Å². The Kier molecular flexibility index (Phi) is 2.23. The first-order chi connectivity index (χ1) is 8.31. The zero-order valence-corrected chi connectivity index (χ0v) is 9.35. The zero-order valence-electron chi connectivity index (χ0n) is 9.35. The minimum absolute atomic E-state index is 0.00602. The van der Waals surface area contributed by atoms with Gasteiger partial charge in [-0.2, -0.15) is 0 Å². The molecule has 0 radical (unpaired) electrons. The van der Waals surface area contributed by atoms with Gasteiger partial charge in [-0.05, 0) is 33.9 Å². The fraction of sp³-hybridized carbons (Fsp3) is 0.0667. The molecule has 3 aromatic rings. The summed E-state index contributed by atoms with van der Waals surface area (Å²) in [6.07, 6.45) is 0. The molecule has 0 saturated carbocycles. The van der Waals surface area contributed by atoms with E-state index in [0.717, 1.165) is 32.8 Å². The van der Waals surface area contributed by atoms with Crippen LogP contribution in [0.5, 0.6) is 0 Å². The highest BCUT2D eigenvalue weighted by molar-refractivity contribution is 6.06. The number of aliphatic hydroxyl groups is 1. The summed E-state index contributed by atoms with van der Waals surface area (Å²) in [5, 5.41) is 13.8. The standard InChI is InChI=1S/C15H13NO/c16-14-7-3-5-11-8-10-4-1-2-6-12(10)13(9-17)15(11)14/h1-8,17H,9,16H2. The van der Waals surface area contributed by atoms with Crippen LogP contribution in [0, 0.1) is 0 Å². The van der Waals surface area contributed by atoms with Gasteiger partial charge in [0.15, 0.2) is 0 Å². The Morgan fingerprint density at radius 3 is 2.53 bits per heavy atom. The molecular weight excluding hydrogens is 210 g/mol. The topological polar surface area (TPSA) is 46.2 Å². The summed E-state index contributed by atoms with van der Waals surface area (Å²) in [5.41, 5.74) is 7.65. The molecule has 0 amide bonds. The Bertz CT molecular complexity index is 704. The van der Waals surface area contributed by atoms with Crippen LogP contribution in [0.2, 0.25) is 0 Å². The lowest BCUT2D eigenvalue weighted by Gasteiger charge is -2.11. The van der Waals surface area contributed by atoms with Crippen molar-refractivity contribution in [3.05, 3.63) is 54.1 Å². The maximum atomic E-state index is 9.60. The van der Waals surface area contributed by atoms with Gasteiger partial charge < -0.3 is 10.8 Å². The van der Waals surface area contributed by atoms with Gasteiger partial charge in [-0.3, -0.25) is 0 Å². The number of anilines is 1. The Balaban J connectivity index is 2.59. The maximum absolute atomic E-state index is 9.60. The van der Waals surface area contributed by atoms with Crippen molar-refractivity contribution in [2.75, 3.05) is 5.73 Å². The van der Waals surface area contributed by atoms with E-state index in [1.165, 1.54) is 0 Å². The highest BCUT2D eigenvalue weighted by atomic mass is 16.3. The number of benzene rings is 3. The Morgan fingerprint density at radius 2 is 1.71 bits per heavy atom. The van der Waals surface area contributed by atoms with E-state index in [-0.39, 0.29) is 6.61 Å². The molecule has 3 aromatic carbocycles. The molecule has 2 heteroatoms. The molecule has 17 heavy (non-hydrogen) atoms. The van der Waals surface area contributed by atoms with E-state index in [1.54, 1.807) is 0 Å². The summed E-state index contributed by atoms with van der Waals surface area (Å²) in [5.74, 6) is 0. The average molecular weight is 223 g/mol. The Hall–Kier alpha value is -2.06. The van der Waals surface area contributed by atoms with Crippen molar-refractivity contribution in [3.8, 4) is 0 Å². The summed E-state index contributed by atoms with van der Waals surface area (Å²) in [4.78, 5) is 0. The molecule has 0 heterocycles. The number of hydrogen-bond acceptors (Lipinski definition) is 2. The van der Waals surface area contributed by atoms with Crippen LogP contribution in [-0.2, 0) is 6.61 Å². The smallest absolute Gasteiger partial charge is 0.0694 e. The molecule has 2 nitrogen and oxygen atoms in total. The first kappa shape index (κ1) is 10.1. The monoisotopic (exact) mass is 223 g/mol. The first-order valence-electron chi connectivity index (χ1n) is 5.61. The lowest BCUT2D eigenvalue weighted by Crippen LogP contribution is -1.94. The fourth-order valence-electron chi connectivity index (χ4n) is 2.42. The van der Waals surface area contributed by atoms with Crippen molar-refractivity contribution < 1.29 is 5.11 Å². The van der Waals surface area contributed by atoms with E-state index in [1.807, 2.05) is 36.4 Å². The normalized spacial score (nSPS) is 11.1. The van der Waals surface area contributed by atoms with Gasteiger partial charge in [0, 0.05) is 11.1 Å². The molecule has 0 aliphatic heterocycles. The van der Waals surface area contributed by atoms with Crippen LogP contribution in [0.4, 0.5) is 5.69 Å². The van der Waals surface area contributed by atoms with Gasteiger partial charge in [0.2, 0.25) is 0 Å². The van der Waals surface area contributed by atoms with Gasteiger partial charge in [-0.15, -0.1) is 0 Å². The van der Waals surface area contributed by atoms with E-state index < -0.39 is 0 Å². The van der Waals surface area contributed by atoms with Gasteiger partial charge in [-0.1, -0.05) is 36.4 Å². The van der Waals surface area contributed by atoms with Gasteiger partial charge in [-0.25, -0.2) is 0 Å². The molecule has 0 aromatic heterocycles. The number of aliphatic hydroxyl groups excluding tert-OH is 1. The SMILES string of the molecule is Nc1cccc2cc3ccccc3c(CO)c12. The minimum Gasteiger partial charge on any atom is -0.398 e. The van der Waals surface area contributed by atoms with Crippen molar-refractivity contribution in [1.29, 1.82) is 0 Å². The minimum atomic E-state index is 0.00602. The second-order valence-corrected chi connectivity index (χ2v) is 4.18. The largest absolute Gasteiger partial charge is 0.398 e. The van der Waals surface area contributed by atoms with Gasteiger partial charge in [0.05, 0.1) is 6.61 Å². The predicted molar refractivity (Wildman–Crippen MR) is 71.8 cm³/mol. The average Bonchev–Trinajstić information content (AvgIpc) is 2.36. The summed E-state index contributed by atoms with van der Waals surface area (Å²) in [6.45, 7) is 0.00602. The van der Waals surface area contributed by atoms with Crippen LogP contribution in [0.1, 0.15) is 5.56 Å². The molecule has 0 saturated heterocycles.